The van der Waals surface area contributed by atoms with E-state index in [-0.39, 0.29) is 12.3 Å². The van der Waals surface area contributed by atoms with E-state index in [9.17, 15) is 4.79 Å². The molecule has 0 aliphatic heterocycles. The largest absolute Gasteiger partial charge is 0.356 e. The molecule has 3 aromatic rings. The number of hydrogen-bond donors (Lipinski definition) is 1. The molecular weight excluding hydrogens is 274 g/mol. The maximum Gasteiger partial charge on any atom is 0.204 e. The minimum absolute atomic E-state index is 0.0864. The van der Waals surface area contributed by atoms with Crippen molar-refractivity contribution in [3.8, 4) is 0 Å². The van der Waals surface area contributed by atoms with Gasteiger partial charge in [-0.25, -0.2) is 4.98 Å². The molecule has 3 rings (SSSR count). The molecule has 0 unspecified atom stereocenters. The van der Waals surface area contributed by atoms with Crippen LogP contribution >= 0.6 is 0 Å². The van der Waals surface area contributed by atoms with Gasteiger partial charge in [0.25, 0.3) is 0 Å². The summed E-state index contributed by atoms with van der Waals surface area (Å²) < 4.78 is 1.96. The van der Waals surface area contributed by atoms with Crippen molar-refractivity contribution in [2.24, 2.45) is 0 Å². The number of Topliss-reactive ketones (excluding diaryl/α,β-unsaturated/α-hetero) is 1. The predicted octanol–water partition coefficient (Wildman–Crippen LogP) is 3.74. The molecule has 1 N–H and O–H groups in total. The van der Waals surface area contributed by atoms with Crippen LogP contribution in [0.2, 0.25) is 0 Å². The van der Waals surface area contributed by atoms with Gasteiger partial charge in [-0.1, -0.05) is 49.4 Å². The first-order valence-corrected chi connectivity index (χ1v) is 7.57. The van der Waals surface area contributed by atoms with E-state index in [1.54, 1.807) is 0 Å². The highest BCUT2D eigenvalue weighted by Crippen LogP contribution is 2.20. The maximum absolute atomic E-state index is 12.5. The van der Waals surface area contributed by atoms with Crippen molar-refractivity contribution >= 4 is 22.8 Å². The molecule has 0 saturated heterocycles. The fourth-order valence-electron chi connectivity index (χ4n) is 2.47. The monoisotopic (exact) mass is 293 g/mol. The van der Waals surface area contributed by atoms with Crippen LogP contribution in [-0.2, 0) is 6.54 Å². The number of rotatable bonds is 6. The van der Waals surface area contributed by atoms with Crippen LogP contribution in [0.3, 0.4) is 0 Å². The Morgan fingerprint density at radius 1 is 1.09 bits per heavy atom. The van der Waals surface area contributed by atoms with Crippen molar-refractivity contribution < 1.29 is 4.79 Å². The predicted molar refractivity (Wildman–Crippen MR) is 89.3 cm³/mol. The molecule has 1 heterocycles. The Bertz CT molecular complexity index is 777. The Balaban J connectivity index is 1.95. The molecule has 0 saturated carbocycles. The van der Waals surface area contributed by atoms with E-state index < -0.39 is 0 Å². The Morgan fingerprint density at radius 2 is 1.82 bits per heavy atom. The number of ketones is 1. The number of hydrogen-bond acceptors (Lipinski definition) is 3. The van der Waals surface area contributed by atoms with Crippen molar-refractivity contribution in [1.82, 2.24) is 9.55 Å². The van der Waals surface area contributed by atoms with Gasteiger partial charge in [0.05, 0.1) is 17.6 Å². The third-order valence-electron chi connectivity index (χ3n) is 3.59. The highest BCUT2D eigenvalue weighted by molar-refractivity contribution is 5.97. The summed E-state index contributed by atoms with van der Waals surface area (Å²) in [5, 5.41) is 3.31. The lowest BCUT2D eigenvalue weighted by Crippen LogP contribution is -2.14. The molecule has 0 amide bonds. The number of carbonyl (C=O) groups excluding carboxylic acids is 1. The van der Waals surface area contributed by atoms with Crippen LogP contribution in [0.15, 0.2) is 54.6 Å². The van der Waals surface area contributed by atoms with Crippen LogP contribution < -0.4 is 5.32 Å². The van der Waals surface area contributed by atoms with Gasteiger partial charge in [-0.15, -0.1) is 0 Å². The van der Waals surface area contributed by atoms with E-state index in [4.69, 9.17) is 0 Å². The van der Waals surface area contributed by atoms with Crippen molar-refractivity contribution in [2.75, 3.05) is 11.9 Å². The Labute approximate surface area is 129 Å². The number of carbonyl (C=O) groups is 1. The van der Waals surface area contributed by atoms with Gasteiger partial charge in [-0.2, -0.15) is 0 Å². The van der Waals surface area contributed by atoms with Crippen LogP contribution in [0.5, 0.6) is 0 Å². The summed E-state index contributed by atoms with van der Waals surface area (Å²) in [7, 11) is 0. The number of para-hydroxylation sites is 2. The molecule has 0 bridgehead atoms. The summed E-state index contributed by atoms with van der Waals surface area (Å²) in [4.78, 5) is 17.1. The zero-order valence-corrected chi connectivity index (χ0v) is 12.6. The zero-order chi connectivity index (χ0) is 15.4. The molecule has 1 aromatic heterocycles. The molecule has 0 atom stereocenters. The maximum atomic E-state index is 12.5. The van der Waals surface area contributed by atoms with Crippen molar-refractivity contribution in [3.63, 3.8) is 0 Å². The minimum atomic E-state index is 0.0864. The Morgan fingerprint density at radius 3 is 2.59 bits per heavy atom. The van der Waals surface area contributed by atoms with E-state index in [0.717, 1.165) is 35.5 Å². The molecule has 112 valence electrons. The van der Waals surface area contributed by atoms with E-state index in [1.165, 1.54) is 0 Å². The number of imidazole rings is 1. The van der Waals surface area contributed by atoms with Crippen molar-refractivity contribution in [1.29, 1.82) is 0 Å². The molecule has 4 nitrogen and oxygen atoms in total. The standard InChI is InChI=1S/C18H19N3O/c1-2-12-19-18-20-15-10-6-7-11-16(15)21(18)13-17(22)14-8-4-3-5-9-14/h3-11H,2,12-13H2,1H3,(H,19,20). The van der Waals surface area contributed by atoms with Gasteiger partial charge in [0.15, 0.2) is 5.78 Å². The molecule has 4 heteroatoms. The van der Waals surface area contributed by atoms with Gasteiger partial charge in [0.2, 0.25) is 5.95 Å². The topological polar surface area (TPSA) is 46.9 Å². The summed E-state index contributed by atoms with van der Waals surface area (Å²) in [5.74, 6) is 0.843. The number of benzene rings is 2. The molecular formula is C18H19N3O. The first kappa shape index (κ1) is 14.3. The number of anilines is 1. The average Bonchev–Trinajstić information content (AvgIpc) is 2.91. The molecule has 2 aromatic carbocycles. The fraction of sp³-hybridized carbons (Fsp3) is 0.222. The second-order valence-corrected chi connectivity index (χ2v) is 5.23. The summed E-state index contributed by atoms with van der Waals surface area (Å²) >= 11 is 0. The number of aromatic nitrogens is 2. The van der Waals surface area contributed by atoms with Gasteiger partial charge < -0.3 is 9.88 Å². The first-order chi connectivity index (χ1) is 10.8. The van der Waals surface area contributed by atoms with E-state index >= 15 is 0 Å². The molecule has 0 spiro atoms. The third kappa shape index (κ3) is 2.86. The highest BCUT2D eigenvalue weighted by atomic mass is 16.1. The average molecular weight is 293 g/mol. The van der Waals surface area contributed by atoms with Crippen molar-refractivity contribution in [3.05, 3.63) is 60.2 Å². The third-order valence-corrected chi connectivity index (χ3v) is 3.59. The number of nitrogens with one attached hydrogen (secondary N) is 1. The summed E-state index contributed by atoms with van der Waals surface area (Å²) in [6.07, 6.45) is 1.01. The van der Waals surface area contributed by atoms with Crippen LogP contribution in [-0.4, -0.2) is 21.9 Å². The van der Waals surface area contributed by atoms with E-state index in [1.807, 2.05) is 59.2 Å². The first-order valence-electron chi connectivity index (χ1n) is 7.57. The summed E-state index contributed by atoms with van der Waals surface area (Å²) in [5.41, 5.74) is 2.61. The second-order valence-electron chi connectivity index (χ2n) is 5.23. The lowest BCUT2D eigenvalue weighted by Gasteiger charge is -2.09. The SMILES string of the molecule is CCCNc1nc2ccccc2n1CC(=O)c1ccccc1. The van der Waals surface area contributed by atoms with Crippen LogP contribution in [0.25, 0.3) is 11.0 Å². The summed E-state index contributed by atoms with van der Waals surface area (Å²) in [6, 6.07) is 17.3. The van der Waals surface area contributed by atoms with Crippen LogP contribution in [0.1, 0.15) is 23.7 Å². The molecule has 0 fully saturated rings. The lowest BCUT2D eigenvalue weighted by atomic mass is 10.1. The van der Waals surface area contributed by atoms with E-state index in [0.29, 0.717) is 0 Å². The van der Waals surface area contributed by atoms with Crippen LogP contribution in [0.4, 0.5) is 5.95 Å². The summed E-state index contributed by atoms with van der Waals surface area (Å²) in [6.45, 7) is 3.23. The smallest absolute Gasteiger partial charge is 0.204 e. The number of nitrogens with zero attached hydrogens (tertiary/aromatic N) is 2. The van der Waals surface area contributed by atoms with Crippen LogP contribution in [0, 0.1) is 0 Å². The lowest BCUT2D eigenvalue weighted by molar-refractivity contribution is 0.0974. The molecule has 0 aliphatic rings. The van der Waals surface area contributed by atoms with Gasteiger partial charge in [-0.3, -0.25) is 4.79 Å². The molecule has 0 radical (unpaired) electrons. The normalized spacial score (nSPS) is 10.8. The zero-order valence-electron chi connectivity index (χ0n) is 12.6. The fourth-order valence-corrected chi connectivity index (χ4v) is 2.47. The quantitative estimate of drug-likeness (QED) is 0.704. The molecule has 22 heavy (non-hydrogen) atoms. The van der Waals surface area contributed by atoms with Gasteiger partial charge >= 0.3 is 0 Å². The van der Waals surface area contributed by atoms with Crippen molar-refractivity contribution in [2.45, 2.75) is 19.9 Å². The van der Waals surface area contributed by atoms with E-state index in [2.05, 4.69) is 17.2 Å². The van der Waals surface area contributed by atoms with Gasteiger partial charge in [0, 0.05) is 12.1 Å². The second kappa shape index (κ2) is 6.43. The highest BCUT2D eigenvalue weighted by Gasteiger charge is 2.14. The minimum Gasteiger partial charge on any atom is -0.356 e. The Hall–Kier alpha value is -2.62. The number of fused-ring (bicyclic) bond motifs is 1. The van der Waals surface area contributed by atoms with Gasteiger partial charge in [-0.05, 0) is 18.6 Å². The Kier molecular flexibility index (Phi) is 4.19. The molecule has 0 aliphatic carbocycles. The van der Waals surface area contributed by atoms with Gasteiger partial charge in [0.1, 0.15) is 0 Å².